The zero-order chi connectivity index (χ0) is 12.7. The van der Waals surface area contributed by atoms with Crippen molar-refractivity contribution >= 4 is 5.84 Å². The second-order valence-corrected chi connectivity index (χ2v) is 3.71. The van der Waals surface area contributed by atoms with Crippen LogP contribution in [0.15, 0.2) is 35.3 Å². The van der Waals surface area contributed by atoms with E-state index in [9.17, 15) is 13.2 Å². The molecule has 1 aromatic rings. The maximum atomic E-state index is 11.8. The predicted molar refractivity (Wildman–Crippen MR) is 61.9 cm³/mol. The standard InChI is InChI=1S/C12H15F3N2/c13-12(14,15)8-4-5-9-17-11(16)10-6-2-1-3-7-10/h1-3,6-7H,4-5,8-9H2,(H2,16,17). The molecule has 2 nitrogen and oxygen atoms in total. The minimum Gasteiger partial charge on any atom is -0.384 e. The van der Waals surface area contributed by atoms with Gasteiger partial charge in [0.05, 0.1) is 0 Å². The number of unbranched alkanes of at least 4 members (excludes halogenated alkanes) is 1. The Morgan fingerprint density at radius 1 is 1.12 bits per heavy atom. The summed E-state index contributed by atoms with van der Waals surface area (Å²) in [5, 5.41) is 0. The molecule has 0 aliphatic carbocycles. The van der Waals surface area contributed by atoms with Gasteiger partial charge in [-0.2, -0.15) is 13.2 Å². The molecule has 94 valence electrons. The largest absolute Gasteiger partial charge is 0.389 e. The van der Waals surface area contributed by atoms with Crippen molar-refractivity contribution in [1.82, 2.24) is 0 Å². The molecule has 0 saturated carbocycles. The van der Waals surface area contributed by atoms with Crippen LogP contribution in [0.5, 0.6) is 0 Å². The van der Waals surface area contributed by atoms with Crippen molar-refractivity contribution in [2.45, 2.75) is 25.4 Å². The normalized spacial score (nSPS) is 12.8. The highest BCUT2D eigenvalue weighted by atomic mass is 19.4. The molecule has 0 aliphatic heterocycles. The van der Waals surface area contributed by atoms with Gasteiger partial charge in [0, 0.05) is 18.5 Å². The lowest BCUT2D eigenvalue weighted by Gasteiger charge is -2.04. The molecule has 1 aromatic carbocycles. The molecule has 1 rings (SSSR count). The van der Waals surface area contributed by atoms with E-state index in [4.69, 9.17) is 5.73 Å². The van der Waals surface area contributed by atoms with E-state index in [0.29, 0.717) is 18.8 Å². The Hall–Kier alpha value is -1.52. The van der Waals surface area contributed by atoms with Crippen LogP contribution in [0.25, 0.3) is 0 Å². The Morgan fingerprint density at radius 2 is 1.76 bits per heavy atom. The van der Waals surface area contributed by atoms with Gasteiger partial charge in [-0.1, -0.05) is 30.3 Å². The molecular formula is C12H15F3N2. The Labute approximate surface area is 98.4 Å². The summed E-state index contributed by atoms with van der Waals surface area (Å²) < 4.78 is 35.5. The number of nitrogens with zero attached hydrogens (tertiary/aromatic N) is 1. The number of benzene rings is 1. The number of nitrogens with two attached hydrogens (primary N) is 1. The highest BCUT2D eigenvalue weighted by molar-refractivity contribution is 5.97. The highest BCUT2D eigenvalue weighted by Gasteiger charge is 2.25. The predicted octanol–water partition coefficient (Wildman–Crippen LogP) is 3.12. The second-order valence-electron chi connectivity index (χ2n) is 3.71. The molecule has 0 spiro atoms. The maximum Gasteiger partial charge on any atom is 0.389 e. The summed E-state index contributed by atoms with van der Waals surface area (Å²) in [5.74, 6) is 0.373. The van der Waals surface area contributed by atoms with Crippen LogP contribution in [0.1, 0.15) is 24.8 Å². The number of halogens is 3. The van der Waals surface area contributed by atoms with Gasteiger partial charge in [-0.25, -0.2) is 0 Å². The molecule has 0 atom stereocenters. The molecule has 0 radical (unpaired) electrons. The van der Waals surface area contributed by atoms with Gasteiger partial charge < -0.3 is 5.73 Å². The summed E-state index contributed by atoms with van der Waals surface area (Å²) in [4.78, 5) is 4.04. The summed E-state index contributed by atoms with van der Waals surface area (Å²) in [6, 6.07) is 9.16. The monoisotopic (exact) mass is 244 g/mol. The zero-order valence-electron chi connectivity index (χ0n) is 9.37. The Bertz CT molecular complexity index is 358. The molecule has 0 heterocycles. The third-order valence-corrected chi connectivity index (χ3v) is 2.22. The first-order chi connectivity index (χ1) is 7.99. The summed E-state index contributed by atoms with van der Waals surface area (Å²) in [6.07, 6.45) is -4.34. The lowest BCUT2D eigenvalue weighted by Crippen LogP contribution is -2.14. The fourth-order valence-corrected chi connectivity index (χ4v) is 1.34. The average molecular weight is 244 g/mol. The number of rotatable bonds is 5. The molecule has 0 aromatic heterocycles. The maximum absolute atomic E-state index is 11.8. The van der Waals surface area contributed by atoms with Gasteiger partial charge in [0.1, 0.15) is 5.84 Å². The Kier molecular flexibility index (Phi) is 5.00. The fourth-order valence-electron chi connectivity index (χ4n) is 1.34. The summed E-state index contributed by atoms with van der Waals surface area (Å²) in [6.45, 7) is 0.330. The molecule has 17 heavy (non-hydrogen) atoms. The average Bonchev–Trinajstić information content (AvgIpc) is 2.28. The van der Waals surface area contributed by atoms with Crippen molar-refractivity contribution in [3.05, 3.63) is 35.9 Å². The summed E-state index contributed by atoms with van der Waals surface area (Å²) in [5.41, 5.74) is 6.49. The topological polar surface area (TPSA) is 38.4 Å². The molecule has 0 unspecified atom stereocenters. The Morgan fingerprint density at radius 3 is 2.35 bits per heavy atom. The molecule has 0 aliphatic rings. The first kappa shape index (κ1) is 13.5. The van der Waals surface area contributed by atoms with E-state index in [-0.39, 0.29) is 6.42 Å². The molecule has 2 N–H and O–H groups in total. The first-order valence-corrected chi connectivity index (χ1v) is 5.41. The second kappa shape index (κ2) is 6.27. The number of amidine groups is 1. The van der Waals surface area contributed by atoms with Crippen molar-refractivity contribution in [2.24, 2.45) is 10.7 Å². The van der Waals surface area contributed by atoms with E-state index < -0.39 is 12.6 Å². The number of aliphatic imine (C=N–C) groups is 1. The molecule has 0 amide bonds. The van der Waals surface area contributed by atoms with Crippen LogP contribution < -0.4 is 5.73 Å². The third-order valence-electron chi connectivity index (χ3n) is 2.22. The number of hydrogen-bond donors (Lipinski definition) is 1. The van der Waals surface area contributed by atoms with Crippen LogP contribution in [0, 0.1) is 0 Å². The van der Waals surface area contributed by atoms with Crippen LogP contribution in [-0.2, 0) is 0 Å². The van der Waals surface area contributed by atoms with Gasteiger partial charge >= 0.3 is 6.18 Å². The van der Waals surface area contributed by atoms with E-state index in [1.807, 2.05) is 30.3 Å². The number of hydrogen-bond acceptors (Lipinski definition) is 1. The summed E-state index contributed by atoms with van der Waals surface area (Å²) in [7, 11) is 0. The molecule has 0 saturated heterocycles. The van der Waals surface area contributed by atoms with Crippen molar-refractivity contribution in [3.63, 3.8) is 0 Å². The smallest absolute Gasteiger partial charge is 0.384 e. The van der Waals surface area contributed by atoms with E-state index in [2.05, 4.69) is 4.99 Å². The summed E-state index contributed by atoms with van der Waals surface area (Å²) >= 11 is 0. The van der Waals surface area contributed by atoms with Crippen LogP contribution in [0.3, 0.4) is 0 Å². The van der Waals surface area contributed by atoms with Gasteiger partial charge in [-0.3, -0.25) is 4.99 Å². The van der Waals surface area contributed by atoms with E-state index in [1.54, 1.807) is 0 Å². The van der Waals surface area contributed by atoms with E-state index in [0.717, 1.165) is 5.56 Å². The van der Waals surface area contributed by atoms with Gasteiger partial charge in [0.25, 0.3) is 0 Å². The van der Waals surface area contributed by atoms with Crippen molar-refractivity contribution in [2.75, 3.05) is 6.54 Å². The zero-order valence-corrected chi connectivity index (χ0v) is 9.37. The molecular weight excluding hydrogens is 229 g/mol. The third kappa shape index (κ3) is 5.94. The molecule has 5 heteroatoms. The van der Waals surface area contributed by atoms with Gasteiger partial charge in [0.15, 0.2) is 0 Å². The van der Waals surface area contributed by atoms with E-state index >= 15 is 0 Å². The molecule has 0 fully saturated rings. The van der Waals surface area contributed by atoms with Gasteiger partial charge in [-0.05, 0) is 12.8 Å². The minimum atomic E-state index is -4.07. The van der Waals surface area contributed by atoms with Crippen LogP contribution in [0.2, 0.25) is 0 Å². The molecule has 0 bridgehead atoms. The Balaban J connectivity index is 2.30. The fraction of sp³-hybridized carbons (Fsp3) is 0.417. The van der Waals surface area contributed by atoms with Gasteiger partial charge in [-0.15, -0.1) is 0 Å². The van der Waals surface area contributed by atoms with Crippen LogP contribution >= 0.6 is 0 Å². The van der Waals surface area contributed by atoms with Crippen LogP contribution in [0.4, 0.5) is 13.2 Å². The first-order valence-electron chi connectivity index (χ1n) is 5.41. The van der Waals surface area contributed by atoms with Crippen molar-refractivity contribution < 1.29 is 13.2 Å². The highest BCUT2D eigenvalue weighted by Crippen LogP contribution is 2.21. The minimum absolute atomic E-state index is 0.0923. The quantitative estimate of drug-likeness (QED) is 0.482. The van der Waals surface area contributed by atoms with Gasteiger partial charge in [0.2, 0.25) is 0 Å². The lowest BCUT2D eigenvalue weighted by atomic mass is 10.2. The van der Waals surface area contributed by atoms with Crippen molar-refractivity contribution in [3.8, 4) is 0 Å². The van der Waals surface area contributed by atoms with Crippen molar-refractivity contribution in [1.29, 1.82) is 0 Å². The number of alkyl halides is 3. The SMILES string of the molecule is NC(=NCCCCC(F)(F)F)c1ccccc1. The lowest BCUT2D eigenvalue weighted by molar-refractivity contribution is -0.135. The van der Waals surface area contributed by atoms with Crippen LogP contribution in [-0.4, -0.2) is 18.6 Å². The van der Waals surface area contributed by atoms with E-state index in [1.165, 1.54) is 0 Å².